The molecule has 4 amide bonds. The molecule has 2 saturated heterocycles. The Labute approximate surface area is 186 Å². The number of fused-ring (bicyclic) bond motifs is 10. The Morgan fingerprint density at radius 1 is 0.600 bits per heavy atom. The zero-order valence-electron chi connectivity index (χ0n) is 16.5. The van der Waals surface area contributed by atoms with Crippen molar-refractivity contribution in [2.24, 2.45) is 47.3 Å². The van der Waals surface area contributed by atoms with Gasteiger partial charge in [-0.25, -0.2) is 0 Å². The van der Waals surface area contributed by atoms with Crippen molar-refractivity contribution in [1.29, 1.82) is 0 Å². The molecule has 4 aliphatic carbocycles. The van der Waals surface area contributed by atoms with Gasteiger partial charge in [-0.3, -0.25) is 0 Å². The molecule has 0 aromatic carbocycles. The van der Waals surface area contributed by atoms with E-state index < -0.39 is 0 Å². The molecule has 0 radical (unpaired) electrons. The summed E-state index contributed by atoms with van der Waals surface area (Å²) in [6, 6.07) is 0. The molecule has 2 aliphatic heterocycles. The summed E-state index contributed by atoms with van der Waals surface area (Å²) in [5.41, 5.74) is 0. The van der Waals surface area contributed by atoms with Crippen molar-refractivity contribution in [3.05, 3.63) is 24.3 Å². The fraction of sp³-hybridized carbons (Fsp3) is 0.636. The van der Waals surface area contributed by atoms with E-state index in [0.717, 1.165) is 23.5 Å². The summed E-state index contributed by atoms with van der Waals surface area (Å²) in [6.07, 6.45) is 10.5. The number of carbonyl (C=O) groups is 4. The molecule has 0 spiro atoms. The van der Waals surface area contributed by atoms with E-state index in [0.29, 0.717) is 39.4 Å². The van der Waals surface area contributed by atoms with E-state index in [-0.39, 0.29) is 71.0 Å². The fourth-order valence-electron chi connectivity index (χ4n) is 6.74. The van der Waals surface area contributed by atoms with Gasteiger partial charge in [0.15, 0.2) is 0 Å². The molecule has 8 heteroatoms. The number of hydrogen-bond donors (Lipinski definition) is 0. The van der Waals surface area contributed by atoms with Gasteiger partial charge >= 0.3 is 187 Å². The van der Waals surface area contributed by atoms with Crippen molar-refractivity contribution >= 4 is 49.9 Å². The van der Waals surface area contributed by atoms with Crippen LogP contribution in [0.3, 0.4) is 0 Å². The molecular weight excluding hydrogens is 514 g/mol. The van der Waals surface area contributed by atoms with Crippen molar-refractivity contribution in [3.63, 3.8) is 0 Å². The van der Waals surface area contributed by atoms with Gasteiger partial charge in [0.25, 0.3) is 0 Å². The first-order chi connectivity index (χ1) is 14.6. The van der Waals surface area contributed by atoms with Crippen LogP contribution < -0.4 is 0 Å². The molecule has 6 rings (SSSR count). The number of imide groups is 2. The molecule has 4 bridgehead atoms. The van der Waals surface area contributed by atoms with Gasteiger partial charge in [0, 0.05) is 0 Å². The molecule has 2 heterocycles. The maximum absolute atomic E-state index is 12.7. The minimum atomic E-state index is -0.0954. The van der Waals surface area contributed by atoms with Gasteiger partial charge in [-0.2, -0.15) is 0 Å². The second-order valence-electron chi connectivity index (χ2n) is 9.30. The van der Waals surface area contributed by atoms with Gasteiger partial charge in [0.2, 0.25) is 0 Å². The Morgan fingerprint density at radius 3 is 1.20 bits per heavy atom. The maximum atomic E-state index is 12.7. The van der Waals surface area contributed by atoms with Crippen molar-refractivity contribution in [2.45, 2.75) is 23.5 Å². The van der Waals surface area contributed by atoms with Crippen LogP contribution in [0, 0.1) is 47.3 Å². The van der Waals surface area contributed by atoms with Crippen LogP contribution in [0.25, 0.3) is 0 Å². The second-order valence-corrected chi connectivity index (χ2v) is 17.1. The molecule has 8 atom stereocenters. The third kappa shape index (κ3) is 2.67. The summed E-state index contributed by atoms with van der Waals surface area (Å²) in [5.74, 6) is 0.914. The Kier molecular flexibility index (Phi) is 4.65. The van der Waals surface area contributed by atoms with Crippen LogP contribution in [0.5, 0.6) is 0 Å². The third-order valence-corrected chi connectivity index (χ3v) is 15.3. The number of rotatable bonds is 7. The normalized spacial score (nSPS) is 42.4. The number of amides is 4. The predicted octanol–water partition coefficient (Wildman–Crippen LogP) is 0.761. The Morgan fingerprint density at radius 2 is 0.900 bits per heavy atom. The average molecular weight is 538 g/mol. The van der Waals surface area contributed by atoms with Crippen molar-refractivity contribution in [1.82, 2.24) is 9.80 Å². The van der Waals surface area contributed by atoms with Gasteiger partial charge < -0.3 is 0 Å². The molecule has 4 fully saturated rings. The fourth-order valence-corrected chi connectivity index (χ4v) is 12.5. The summed E-state index contributed by atoms with van der Waals surface area (Å²) in [7, 11) is 0. The summed E-state index contributed by atoms with van der Waals surface area (Å²) in [4.78, 5) is 53.9. The number of allylic oxidation sites excluding steroid dienone is 4. The first-order valence-electron chi connectivity index (χ1n) is 10.9. The summed E-state index contributed by atoms with van der Waals surface area (Å²) >= 11 is 0.732. The van der Waals surface area contributed by atoms with E-state index in [2.05, 4.69) is 24.3 Å². The van der Waals surface area contributed by atoms with Crippen LogP contribution in [0.1, 0.15) is 12.8 Å². The monoisotopic (exact) mass is 540 g/mol. The van der Waals surface area contributed by atoms with Gasteiger partial charge in [-0.1, -0.05) is 0 Å². The summed E-state index contributed by atoms with van der Waals surface area (Å²) in [6.45, 7) is 1.10. The zero-order chi connectivity index (χ0) is 20.6. The number of carbonyl (C=O) groups excluding carboxylic acids is 4. The Bertz CT molecular complexity index is 770. The van der Waals surface area contributed by atoms with Crippen LogP contribution >= 0.6 is 0 Å². The molecule has 0 aromatic heterocycles. The molecule has 30 heavy (non-hydrogen) atoms. The second kappa shape index (κ2) is 7.16. The average Bonchev–Trinajstić information content (AvgIpc) is 3.56. The van der Waals surface area contributed by atoms with Crippen molar-refractivity contribution in [2.75, 3.05) is 13.1 Å². The number of likely N-dealkylation sites (tertiary alicyclic amines) is 2. The van der Waals surface area contributed by atoms with E-state index in [1.807, 2.05) is 0 Å². The van der Waals surface area contributed by atoms with Crippen molar-refractivity contribution in [3.8, 4) is 0 Å². The number of nitrogens with zero attached hydrogens (tertiary/aromatic N) is 2. The number of hydrogen-bond acceptors (Lipinski definition) is 4. The van der Waals surface area contributed by atoms with Crippen LogP contribution in [0.4, 0.5) is 0 Å². The first-order valence-corrected chi connectivity index (χ1v) is 17.6. The van der Waals surface area contributed by atoms with E-state index in [1.165, 1.54) is 9.80 Å². The van der Waals surface area contributed by atoms with E-state index in [9.17, 15) is 19.2 Å². The molecule has 6 nitrogen and oxygen atoms in total. The van der Waals surface area contributed by atoms with Crippen LogP contribution in [0.2, 0.25) is 10.6 Å². The molecule has 6 aliphatic rings. The molecule has 158 valence electrons. The standard InChI is InChI=1S/C22H24N2O4Se2/c25-19-15-11-1-2-12(9-11)16(15)20(26)23(19)5-7-29-30-8-6-24-21(27)17-13-3-4-14(10-13)18(17)22(24)28/h1-4,11-18H,5-10H2/t11-,12+,13-,14+,15?,16?,17?,18?. The van der Waals surface area contributed by atoms with Gasteiger partial charge in [-0.05, 0) is 0 Å². The molecule has 2 saturated carbocycles. The summed E-state index contributed by atoms with van der Waals surface area (Å²) < 4.78 is 0. The van der Waals surface area contributed by atoms with Gasteiger partial charge in [0.1, 0.15) is 0 Å². The van der Waals surface area contributed by atoms with Crippen LogP contribution in [-0.2, 0) is 19.2 Å². The third-order valence-electron chi connectivity index (χ3n) is 8.00. The van der Waals surface area contributed by atoms with Crippen LogP contribution in [-0.4, -0.2) is 72.8 Å². The summed E-state index contributed by atoms with van der Waals surface area (Å²) in [5, 5.41) is 1.77. The minimum absolute atomic E-state index is 0.0493. The first kappa shape index (κ1) is 19.5. The zero-order valence-corrected chi connectivity index (χ0v) is 19.9. The molecule has 0 aromatic rings. The predicted molar refractivity (Wildman–Crippen MR) is 110 cm³/mol. The SMILES string of the molecule is O=C1C2C(C(=O)N1CC[Se][Se]CCN1C(=O)C3C(C1=O)[C@H]1C=C[C@@H]3C1)[C@H]1C=C[C@@H]2C1. The molecular formula is C22H24N2O4Se2. The van der Waals surface area contributed by atoms with Crippen molar-refractivity contribution < 1.29 is 19.2 Å². The Balaban J connectivity index is 0.954. The quantitative estimate of drug-likeness (QED) is 0.208. The Hall–Kier alpha value is -1.20. The van der Waals surface area contributed by atoms with Gasteiger partial charge in [0.05, 0.1) is 0 Å². The van der Waals surface area contributed by atoms with E-state index >= 15 is 0 Å². The van der Waals surface area contributed by atoms with E-state index in [4.69, 9.17) is 0 Å². The van der Waals surface area contributed by atoms with Gasteiger partial charge in [-0.15, -0.1) is 0 Å². The molecule has 4 unspecified atom stereocenters. The topological polar surface area (TPSA) is 74.8 Å². The molecule has 0 N–H and O–H groups in total. The van der Waals surface area contributed by atoms with Crippen LogP contribution in [0.15, 0.2) is 24.3 Å². The van der Waals surface area contributed by atoms with E-state index in [1.54, 1.807) is 0 Å².